The van der Waals surface area contributed by atoms with Gasteiger partial charge in [-0.1, -0.05) is 52.1 Å². The van der Waals surface area contributed by atoms with Gasteiger partial charge in [0.15, 0.2) is 0 Å². The second-order valence-electron chi connectivity index (χ2n) is 4.43. The van der Waals surface area contributed by atoms with E-state index in [0.29, 0.717) is 12.8 Å². The molecule has 0 amide bonds. The fourth-order valence-corrected chi connectivity index (χ4v) is 1.67. The van der Waals surface area contributed by atoms with Crippen LogP contribution in [-0.2, 0) is 9.53 Å². The molecule has 0 aliphatic carbocycles. The first-order chi connectivity index (χ1) is 10.8. The van der Waals surface area contributed by atoms with Crippen LogP contribution in [0.5, 0.6) is 0 Å². The minimum absolute atomic E-state index is 0.189. The minimum Gasteiger partial charge on any atom is -0.469 e. The van der Waals surface area contributed by atoms with Gasteiger partial charge in [0.25, 0.3) is 0 Å². The molecule has 0 N–H and O–H groups in total. The highest BCUT2D eigenvalue weighted by molar-refractivity contribution is 9.11. The Hall–Kier alpha value is -1.71. The van der Waals surface area contributed by atoms with Crippen molar-refractivity contribution in [2.75, 3.05) is 7.11 Å². The smallest absolute Gasteiger partial charge is 0.305 e. The monoisotopic (exact) mass is 362 g/mol. The lowest BCUT2D eigenvalue weighted by molar-refractivity contribution is -0.140. The zero-order chi connectivity index (χ0) is 16.3. The number of hydrogen-bond acceptors (Lipinski definition) is 2. The predicted octanol–water partition coefficient (Wildman–Crippen LogP) is 4.92. The van der Waals surface area contributed by atoms with Gasteiger partial charge in [-0.25, -0.2) is 0 Å². The Morgan fingerprint density at radius 3 is 2.59 bits per heavy atom. The van der Waals surface area contributed by atoms with Crippen LogP contribution in [0.15, 0.2) is 35.4 Å². The van der Waals surface area contributed by atoms with E-state index in [9.17, 15) is 4.79 Å². The van der Waals surface area contributed by atoms with Gasteiger partial charge in [-0.3, -0.25) is 4.79 Å². The molecule has 0 spiro atoms. The van der Waals surface area contributed by atoms with Crippen molar-refractivity contribution >= 4 is 21.9 Å². The molecule has 0 aliphatic rings. The molecule has 0 aromatic rings. The maximum atomic E-state index is 10.8. The number of rotatable bonds is 9. The maximum absolute atomic E-state index is 10.8. The van der Waals surface area contributed by atoms with Crippen molar-refractivity contribution in [3.63, 3.8) is 0 Å². The molecule has 0 aromatic heterocycles. The second kappa shape index (κ2) is 17.3. The Morgan fingerprint density at radius 2 is 1.86 bits per heavy atom. The number of halogens is 1. The zero-order valence-electron chi connectivity index (χ0n) is 13.1. The van der Waals surface area contributed by atoms with E-state index in [1.807, 2.05) is 23.2 Å². The van der Waals surface area contributed by atoms with Crippen molar-refractivity contribution in [1.82, 2.24) is 0 Å². The van der Waals surface area contributed by atoms with Crippen molar-refractivity contribution in [2.45, 2.75) is 44.9 Å². The van der Waals surface area contributed by atoms with Gasteiger partial charge in [-0.05, 0) is 55.0 Å². The predicted molar refractivity (Wildman–Crippen MR) is 96.2 cm³/mol. The third kappa shape index (κ3) is 16.3. The van der Waals surface area contributed by atoms with E-state index >= 15 is 0 Å². The summed E-state index contributed by atoms with van der Waals surface area (Å²) >= 11 is 3.22. The third-order valence-electron chi connectivity index (χ3n) is 2.65. The molecular weight excluding hydrogens is 340 g/mol. The summed E-state index contributed by atoms with van der Waals surface area (Å²) in [5.41, 5.74) is 0. The summed E-state index contributed by atoms with van der Waals surface area (Å²) in [6, 6.07) is 0. The van der Waals surface area contributed by atoms with Gasteiger partial charge >= 0.3 is 5.97 Å². The number of unbranched alkanes of at least 4 members (excludes halogenated alkanes) is 4. The molecule has 22 heavy (non-hydrogen) atoms. The molecule has 0 bridgehead atoms. The van der Waals surface area contributed by atoms with Crippen molar-refractivity contribution in [3.8, 4) is 23.7 Å². The number of ether oxygens (including phenoxy) is 1. The van der Waals surface area contributed by atoms with Gasteiger partial charge in [-0.15, -0.1) is 0 Å². The summed E-state index contributed by atoms with van der Waals surface area (Å²) in [6.45, 7) is 0. The quantitative estimate of drug-likeness (QED) is 0.252. The largest absolute Gasteiger partial charge is 0.469 e. The van der Waals surface area contributed by atoms with Crippen LogP contribution in [0.1, 0.15) is 44.9 Å². The van der Waals surface area contributed by atoms with Gasteiger partial charge in [0.1, 0.15) is 0 Å². The molecule has 0 rings (SSSR count). The highest BCUT2D eigenvalue weighted by Gasteiger charge is 1.96. The molecule has 0 atom stereocenters. The van der Waals surface area contributed by atoms with Crippen LogP contribution >= 0.6 is 15.9 Å². The van der Waals surface area contributed by atoms with Crippen molar-refractivity contribution < 1.29 is 9.53 Å². The SMILES string of the molecule is COC(=O)CCCC#CC#C/C=C\CCCC/C=C\C=C/Br. The summed E-state index contributed by atoms with van der Waals surface area (Å²) in [7, 11) is 1.39. The molecule has 0 aliphatic heterocycles. The van der Waals surface area contributed by atoms with Crippen molar-refractivity contribution in [1.29, 1.82) is 0 Å². The second-order valence-corrected chi connectivity index (χ2v) is 4.96. The van der Waals surface area contributed by atoms with Gasteiger partial charge in [0.05, 0.1) is 7.11 Å². The highest BCUT2D eigenvalue weighted by Crippen LogP contribution is 2.01. The average Bonchev–Trinajstić information content (AvgIpc) is 2.54. The summed E-state index contributed by atoms with van der Waals surface area (Å²) in [5.74, 6) is 11.2. The molecule has 0 fully saturated rings. The Morgan fingerprint density at radius 1 is 1.09 bits per heavy atom. The minimum atomic E-state index is -0.189. The molecular formula is C19H23BrO2. The van der Waals surface area contributed by atoms with Crippen LogP contribution < -0.4 is 0 Å². The van der Waals surface area contributed by atoms with E-state index < -0.39 is 0 Å². The van der Waals surface area contributed by atoms with Gasteiger partial charge < -0.3 is 4.74 Å². The number of esters is 1. The molecule has 0 radical (unpaired) electrons. The molecule has 0 saturated carbocycles. The van der Waals surface area contributed by atoms with Gasteiger partial charge in [0.2, 0.25) is 0 Å². The molecule has 118 valence electrons. The summed E-state index contributed by atoms with van der Waals surface area (Å²) in [6.07, 6.45) is 16.4. The van der Waals surface area contributed by atoms with E-state index in [2.05, 4.69) is 56.5 Å². The number of carbonyl (C=O) groups is 1. The summed E-state index contributed by atoms with van der Waals surface area (Å²) < 4.78 is 4.54. The zero-order valence-corrected chi connectivity index (χ0v) is 14.7. The van der Waals surface area contributed by atoms with E-state index in [0.717, 1.165) is 19.3 Å². The molecule has 0 aromatic carbocycles. The molecule has 2 nitrogen and oxygen atoms in total. The first-order valence-electron chi connectivity index (χ1n) is 7.43. The molecule has 0 unspecified atom stereocenters. The fourth-order valence-electron chi connectivity index (χ4n) is 1.49. The van der Waals surface area contributed by atoms with E-state index in [4.69, 9.17) is 0 Å². The van der Waals surface area contributed by atoms with E-state index in [-0.39, 0.29) is 5.97 Å². The molecule has 0 heterocycles. The highest BCUT2D eigenvalue weighted by atomic mass is 79.9. The Kier molecular flexibility index (Phi) is 16.0. The normalized spacial score (nSPS) is 10.5. The maximum Gasteiger partial charge on any atom is 0.305 e. The van der Waals surface area contributed by atoms with Gasteiger partial charge in [-0.2, -0.15) is 0 Å². The Bertz CT molecular complexity index is 493. The van der Waals surface area contributed by atoms with E-state index in [1.165, 1.54) is 20.0 Å². The molecule has 3 heteroatoms. The van der Waals surface area contributed by atoms with Crippen LogP contribution in [0.4, 0.5) is 0 Å². The van der Waals surface area contributed by atoms with Crippen LogP contribution in [-0.4, -0.2) is 13.1 Å². The number of hydrogen-bond donors (Lipinski definition) is 0. The number of carbonyl (C=O) groups excluding carboxylic acids is 1. The summed E-state index contributed by atoms with van der Waals surface area (Å²) in [4.78, 5) is 12.7. The van der Waals surface area contributed by atoms with Crippen LogP contribution in [0, 0.1) is 23.7 Å². The Labute approximate surface area is 142 Å². The lowest BCUT2D eigenvalue weighted by Gasteiger charge is -1.93. The number of methoxy groups -OCH3 is 1. The third-order valence-corrected chi connectivity index (χ3v) is 2.95. The average molecular weight is 363 g/mol. The molecule has 0 saturated heterocycles. The lowest BCUT2D eigenvalue weighted by Crippen LogP contribution is -1.98. The first kappa shape index (κ1) is 20.3. The Balaban J connectivity index is 3.56. The van der Waals surface area contributed by atoms with Crippen molar-refractivity contribution in [2.24, 2.45) is 0 Å². The lowest BCUT2D eigenvalue weighted by atomic mass is 10.2. The summed E-state index contributed by atoms with van der Waals surface area (Å²) in [5, 5.41) is 0. The number of allylic oxidation sites excluding steroid dienone is 5. The van der Waals surface area contributed by atoms with Crippen LogP contribution in [0.2, 0.25) is 0 Å². The van der Waals surface area contributed by atoms with Crippen molar-refractivity contribution in [3.05, 3.63) is 35.4 Å². The van der Waals surface area contributed by atoms with Crippen LogP contribution in [0.3, 0.4) is 0 Å². The fraction of sp³-hybridized carbons (Fsp3) is 0.421. The topological polar surface area (TPSA) is 26.3 Å². The van der Waals surface area contributed by atoms with E-state index in [1.54, 1.807) is 0 Å². The van der Waals surface area contributed by atoms with Gasteiger partial charge in [0, 0.05) is 12.8 Å². The first-order valence-corrected chi connectivity index (χ1v) is 8.35. The van der Waals surface area contributed by atoms with Crippen LogP contribution in [0.25, 0.3) is 0 Å². The standard InChI is InChI=1S/C19H23BrO2/c1-22-19(21)17-15-13-11-9-7-5-3-2-4-6-8-10-12-14-16-18-20/h2-3,12,14,16,18H,4,6,8,10,13,15,17H2,1H3/b3-2-,14-12-,18-16-.